The molecule has 3 aromatic carbocycles. The standard InChI is InChI=1S/C25H16Cl2N2O2/c26-22-10-5-16(11-23(22)27)14-29-15-20(21-3-1-2-4-24(21)29)12-19(13-28)17-6-8-18(9-7-17)25(30)31/h1-12,15H,14H2,(H,30,31). The largest absolute Gasteiger partial charge is 0.478 e. The number of rotatable bonds is 5. The second kappa shape index (κ2) is 8.69. The van der Waals surface area contributed by atoms with Crippen LogP contribution in [0.1, 0.15) is 27.0 Å². The summed E-state index contributed by atoms with van der Waals surface area (Å²) in [6.45, 7) is 0.598. The Bertz CT molecular complexity index is 1360. The summed E-state index contributed by atoms with van der Waals surface area (Å²) in [7, 11) is 0. The molecule has 0 unspecified atom stereocenters. The minimum atomic E-state index is -1.00. The average molecular weight is 447 g/mol. The lowest BCUT2D eigenvalue weighted by Gasteiger charge is -2.06. The molecule has 0 fully saturated rings. The fraction of sp³-hybridized carbons (Fsp3) is 0.0400. The van der Waals surface area contributed by atoms with E-state index in [-0.39, 0.29) is 5.56 Å². The third-order valence-corrected chi connectivity index (χ3v) is 5.76. The minimum absolute atomic E-state index is 0.180. The fourth-order valence-electron chi connectivity index (χ4n) is 3.48. The molecular formula is C25H16Cl2N2O2. The average Bonchev–Trinajstić information content (AvgIpc) is 3.12. The Morgan fingerprint density at radius 1 is 1.00 bits per heavy atom. The Balaban J connectivity index is 1.76. The van der Waals surface area contributed by atoms with Crippen LogP contribution < -0.4 is 0 Å². The molecular weight excluding hydrogens is 431 g/mol. The second-order valence-electron chi connectivity index (χ2n) is 7.03. The summed E-state index contributed by atoms with van der Waals surface area (Å²) in [6, 6.07) is 22.0. The first-order valence-electron chi connectivity index (χ1n) is 9.43. The molecule has 1 heterocycles. The van der Waals surface area contributed by atoms with E-state index in [0.717, 1.165) is 22.0 Å². The van der Waals surface area contributed by atoms with Gasteiger partial charge in [0.1, 0.15) is 0 Å². The smallest absolute Gasteiger partial charge is 0.335 e. The van der Waals surface area contributed by atoms with Gasteiger partial charge in [-0.25, -0.2) is 4.79 Å². The first kappa shape index (κ1) is 20.7. The van der Waals surface area contributed by atoms with Gasteiger partial charge in [-0.3, -0.25) is 0 Å². The van der Waals surface area contributed by atoms with Crippen LogP contribution in [0.5, 0.6) is 0 Å². The number of aromatic nitrogens is 1. The van der Waals surface area contributed by atoms with Crippen molar-refractivity contribution >= 4 is 51.7 Å². The molecule has 0 aliphatic carbocycles. The van der Waals surface area contributed by atoms with Crippen molar-refractivity contribution in [3.8, 4) is 6.07 Å². The maximum Gasteiger partial charge on any atom is 0.335 e. The zero-order valence-corrected chi connectivity index (χ0v) is 17.7. The highest BCUT2D eigenvalue weighted by Gasteiger charge is 2.11. The lowest BCUT2D eigenvalue weighted by atomic mass is 10.0. The van der Waals surface area contributed by atoms with E-state index in [0.29, 0.717) is 27.7 Å². The van der Waals surface area contributed by atoms with Crippen molar-refractivity contribution in [1.29, 1.82) is 5.26 Å². The zero-order valence-electron chi connectivity index (χ0n) is 16.2. The molecule has 4 rings (SSSR count). The molecule has 4 aromatic rings. The van der Waals surface area contributed by atoms with Crippen LogP contribution in [-0.4, -0.2) is 15.6 Å². The molecule has 0 aliphatic rings. The number of hydrogen-bond acceptors (Lipinski definition) is 2. The highest BCUT2D eigenvalue weighted by atomic mass is 35.5. The van der Waals surface area contributed by atoms with Crippen molar-refractivity contribution in [2.45, 2.75) is 6.54 Å². The number of carbonyl (C=O) groups is 1. The van der Waals surface area contributed by atoms with Crippen molar-refractivity contribution in [3.05, 3.63) is 105 Å². The number of hydrogen-bond donors (Lipinski definition) is 1. The van der Waals surface area contributed by atoms with Gasteiger partial charge in [0.25, 0.3) is 0 Å². The van der Waals surface area contributed by atoms with Crippen molar-refractivity contribution in [2.24, 2.45) is 0 Å². The minimum Gasteiger partial charge on any atom is -0.478 e. The predicted molar refractivity (Wildman–Crippen MR) is 124 cm³/mol. The Labute approximate surface area is 189 Å². The maximum atomic E-state index is 11.1. The zero-order chi connectivity index (χ0) is 22.0. The van der Waals surface area contributed by atoms with Crippen LogP contribution in [0.4, 0.5) is 0 Å². The quantitative estimate of drug-likeness (QED) is 0.344. The molecule has 0 saturated carbocycles. The van der Waals surface area contributed by atoms with E-state index in [2.05, 4.69) is 10.6 Å². The highest BCUT2D eigenvalue weighted by molar-refractivity contribution is 6.42. The first-order chi connectivity index (χ1) is 15.0. The van der Waals surface area contributed by atoms with Crippen molar-refractivity contribution < 1.29 is 9.90 Å². The van der Waals surface area contributed by atoms with Crippen LogP contribution in [0.2, 0.25) is 10.0 Å². The van der Waals surface area contributed by atoms with E-state index < -0.39 is 5.97 Å². The normalized spacial score (nSPS) is 11.5. The summed E-state index contributed by atoms with van der Waals surface area (Å²) in [4.78, 5) is 11.1. The van der Waals surface area contributed by atoms with E-state index in [4.69, 9.17) is 28.3 Å². The topological polar surface area (TPSA) is 66.0 Å². The van der Waals surface area contributed by atoms with Gasteiger partial charge in [0.2, 0.25) is 0 Å². The number of nitrogens with zero attached hydrogens (tertiary/aromatic N) is 2. The molecule has 0 atom stereocenters. The van der Waals surface area contributed by atoms with Gasteiger partial charge in [-0.1, -0.05) is 59.6 Å². The highest BCUT2D eigenvalue weighted by Crippen LogP contribution is 2.28. The summed E-state index contributed by atoms with van der Waals surface area (Å²) in [6.07, 6.45) is 3.82. The van der Waals surface area contributed by atoms with Gasteiger partial charge in [-0.05, 0) is 47.5 Å². The van der Waals surface area contributed by atoms with Gasteiger partial charge < -0.3 is 9.67 Å². The number of fused-ring (bicyclic) bond motifs is 1. The molecule has 0 spiro atoms. The van der Waals surface area contributed by atoms with Gasteiger partial charge >= 0.3 is 5.97 Å². The SMILES string of the molecule is N#CC(=Cc1cn(Cc2ccc(Cl)c(Cl)c2)c2ccccc12)c1ccc(C(=O)O)cc1. The number of benzene rings is 3. The molecule has 0 bridgehead atoms. The molecule has 0 radical (unpaired) electrons. The molecule has 6 heteroatoms. The third kappa shape index (κ3) is 4.34. The predicted octanol–water partition coefficient (Wildman–Crippen LogP) is 6.76. The summed E-state index contributed by atoms with van der Waals surface area (Å²) in [5, 5.41) is 20.8. The number of carboxylic acids is 1. The monoisotopic (exact) mass is 446 g/mol. The number of halogens is 2. The van der Waals surface area contributed by atoms with Crippen LogP contribution in [0.15, 0.2) is 72.9 Å². The molecule has 4 nitrogen and oxygen atoms in total. The second-order valence-corrected chi connectivity index (χ2v) is 7.84. The van der Waals surface area contributed by atoms with Gasteiger partial charge in [0.15, 0.2) is 0 Å². The summed E-state index contributed by atoms with van der Waals surface area (Å²) < 4.78 is 2.10. The van der Waals surface area contributed by atoms with Crippen LogP contribution >= 0.6 is 23.2 Å². The molecule has 152 valence electrons. The fourth-order valence-corrected chi connectivity index (χ4v) is 3.80. The van der Waals surface area contributed by atoms with Gasteiger partial charge in [-0.2, -0.15) is 5.26 Å². The number of para-hydroxylation sites is 1. The van der Waals surface area contributed by atoms with Gasteiger partial charge in [-0.15, -0.1) is 0 Å². The lowest BCUT2D eigenvalue weighted by molar-refractivity contribution is 0.0697. The Hall–Kier alpha value is -3.52. The van der Waals surface area contributed by atoms with Crippen molar-refractivity contribution in [1.82, 2.24) is 4.57 Å². The molecule has 1 aromatic heterocycles. The van der Waals surface area contributed by atoms with E-state index in [1.54, 1.807) is 18.2 Å². The van der Waals surface area contributed by atoms with Crippen LogP contribution in [0.3, 0.4) is 0 Å². The first-order valence-corrected chi connectivity index (χ1v) is 10.2. The lowest BCUT2D eigenvalue weighted by Crippen LogP contribution is -1.97. The Morgan fingerprint density at radius 2 is 1.71 bits per heavy atom. The third-order valence-electron chi connectivity index (χ3n) is 5.02. The van der Waals surface area contributed by atoms with Crippen molar-refractivity contribution in [3.63, 3.8) is 0 Å². The molecule has 0 aliphatic heterocycles. The maximum absolute atomic E-state index is 11.1. The molecule has 0 amide bonds. The Morgan fingerprint density at radius 3 is 2.39 bits per heavy atom. The van der Waals surface area contributed by atoms with E-state index in [1.165, 1.54) is 12.1 Å². The summed E-state index contributed by atoms with van der Waals surface area (Å²) >= 11 is 12.2. The number of allylic oxidation sites excluding steroid dienone is 1. The van der Waals surface area contributed by atoms with Gasteiger partial charge in [0.05, 0.1) is 27.3 Å². The van der Waals surface area contributed by atoms with Crippen LogP contribution in [-0.2, 0) is 6.54 Å². The van der Waals surface area contributed by atoms with E-state index in [1.807, 2.05) is 48.7 Å². The molecule has 1 N–H and O–H groups in total. The van der Waals surface area contributed by atoms with E-state index in [9.17, 15) is 10.1 Å². The summed E-state index contributed by atoms with van der Waals surface area (Å²) in [5.41, 5.74) is 4.23. The van der Waals surface area contributed by atoms with Crippen LogP contribution in [0, 0.1) is 11.3 Å². The molecule has 0 saturated heterocycles. The number of carboxylic acid groups (broad SMARTS) is 1. The number of nitriles is 1. The molecule has 31 heavy (non-hydrogen) atoms. The number of aromatic carboxylic acids is 1. The summed E-state index contributed by atoms with van der Waals surface area (Å²) in [5.74, 6) is -1.00. The van der Waals surface area contributed by atoms with Crippen molar-refractivity contribution in [2.75, 3.05) is 0 Å². The van der Waals surface area contributed by atoms with Crippen LogP contribution in [0.25, 0.3) is 22.6 Å². The van der Waals surface area contributed by atoms with Gasteiger partial charge in [0, 0.05) is 29.2 Å². The van der Waals surface area contributed by atoms with E-state index >= 15 is 0 Å². The Kier molecular flexibility index (Phi) is 5.81.